The molecule has 1 aliphatic rings. The van der Waals surface area contributed by atoms with E-state index in [1.54, 1.807) is 6.26 Å². The molecule has 0 saturated carbocycles. The third-order valence-electron chi connectivity index (χ3n) is 3.41. The highest BCUT2D eigenvalue weighted by molar-refractivity contribution is 7.99. The summed E-state index contributed by atoms with van der Waals surface area (Å²) in [7, 11) is 0. The Kier molecular flexibility index (Phi) is 4.11. The van der Waals surface area contributed by atoms with Crippen molar-refractivity contribution in [2.75, 3.05) is 17.2 Å². The van der Waals surface area contributed by atoms with Crippen LogP contribution in [0, 0.1) is 0 Å². The topological polar surface area (TPSA) is 33.5 Å². The maximum Gasteiger partial charge on any atom is 0.227 e. The summed E-state index contributed by atoms with van der Waals surface area (Å²) in [6.45, 7) is 0.807. The van der Waals surface area contributed by atoms with E-state index in [0.717, 1.165) is 30.2 Å². The Bertz CT molecular complexity index is 580. The molecule has 1 aromatic carbocycles. The van der Waals surface area contributed by atoms with Gasteiger partial charge in [0.05, 0.1) is 12.0 Å². The van der Waals surface area contributed by atoms with Gasteiger partial charge in [-0.1, -0.05) is 12.1 Å². The van der Waals surface area contributed by atoms with Crippen LogP contribution in [0.1, 0.15) is 18.6 Å². The second-order valence-corrected chi connectivity index (χ2v) is 5.93. The zero-order valence-electron chi connectivity index (χ0n) is 11.2. The SMILES string of the molecule is O=C(CCc1ccco1)N1CCCSc2ccccc21. The molecule has 0 unspecified atom stereocenters. The fraction of sp³-hybridized carbons (Fsp3) is 0.312. The highest BCUT2D eigenvalue weighted by atomic mass is 32.2. The maximum absolute atomic E-state index is 12.5. The predicted octanol–water partition coefficient (Wildman–Crippen LogP) is 3.74. The Hall–Kier alpha value is -1.68. The molecule has 0 fully saturated rings. The zero-order chi connectivity index (χ0) is 13.8. The first-order valence-corrected chi connectivity index (χ1v) is 7.88. The summed E-state index contributed by atoms with van der Waals surface area (Å²) in [5, 5.41) is 0. The molecular formula is C16H17NO2S. The van der Waals surface area contributed by atoms with E-state index in [9.17, 15) is 4.79 Å². The second kappa shape index (κ2) is 6.18. The van der Waals surface area contributed by atoms with Crippen molar-refractivity contribution < 1.29 is 9.21 Å². The Morgan fingerprint density at radius 1 is 1.25 bits per heavy atom. The van der Waals surface area contributed by atoms with E-state index in [0.29, 0.717) is 12.8 Å². The second-order valence-electron chi connectivity index (χ2n) is 4.79. The smallest absolute Gasteiger partial charge is 0.227 e. The lowest BCUT2D eigenvalue weighted by molar-refractivity contribution is -0.118. The van der Waals surface area contributed by atoms with Gasteiger partial charge in [-0.15, -0.1) is 11.8 Å². The van der Waals surface area contributed by atoms with Crippen LogP contribution >= 0.6 is 11.8 Å². The minimum Gasteiger partial charge on any atom is -0.469 e. The molecule has 1 aliphatic heterocycles. The largest absolute Gasteiger partial charge is 0.469 e. The number of hydrogen-bond acceptors (Lipinski definition) is 3. The van der Waals surface area contributed by atoms with Gasteiger partial charge in [0, 0.05) is 24.3 Å². The Balaban J connectivity index is 1.73. The van der Waals surface area contributed by atoms with Crippen molar-refractivity contribution in [2.45, 2.75) is 24.2 Å². The van der Waals surface area contributed by atoms with E-state index in [1.807, 2.05) is 47.0 Å². The van der Waals surface area contributed by atoms with Gasteiger partial charge in [0.1, 0.15) is 5.76 Å². The summed E-state index contributed by atoms with van der Waals surface area (Å²) in [5.74, 6) is 2.12. The molecule has 2 heterocycles. The Morgan fingerprint density at radius 2 is 2.15 bits per heavy atom. The number of nitrogens with zero attached hydrogens (tertiary/aromatic N) is 1. The quantitative estimate of drug-likeness (QED) is 0.862. The van der Waals surface area contributed by atoms with Gasteiger partial charge < -0.3 is 9.32 Å². The van der Waals surface area contributed by atoms with Crippen molar-refractivity contribution >= 4 is 23.4 Å². The fourth-order valence-electron chi connectivity index (χ4n) is 2.41. The van der Waals surface area contributed by atoms with Gasteiger partial charge in [-0.3, -0.25) is 4.79 Å². The minimum atomic E-state index is 0.177. The van der Waals surface area contributed by atoms with Gasteiger partial charge >= 0.3 is 0 Å². The molecule has 3 nitrogen and oxygen atoms in total. The monoisotopic (exact) mass is 287 g/mol. The van der Waals surface area contributed by atoms with Crippen molar-refractivity contribution in [1.29, 1.82) is 0 Å². The average Bonchev–Trinajstić information content (AvgIpc) is 2.90. The molecule has 1 amide bonds. The minimum absolute atomic E-state index is 0.177. The molecular weight excluding hydrogens is 270 g/mol. The van der Waals surface area contributed by atoms with Gasteiger partial charge in [0.2, 0.25) is 5.91 Å². The van der Waals surface area contributed by atoms with Gasteiger partial charge in [0.15, 0.2) is 0 Å². The number of fused-ring (bicyclic) bond motifs is 1. The van der Waals surface area contributed by atoms with Gasteiger partial charge in [0.25, 0.3) is 0 Å². The number of aryl methyl sites for hydroxylation is 1. The average molecular weight is 287 g/mol. The van der Waals surface area contributed by atoms with Gasteiger partial charge in [-0.25, -0.2) is 0 Å². The van der Waals surface area contributed by atoms with Crippen LogP contribution in [0.15, 0.2) is 52.0 Å². The molecule has 104 valence electrons. The number of benzene rings is 1. The number of anilines is 1. The molecule has 0 aliphatic carbocycles. The van der Waals surface area contributed by atoms with E-state index in [1.165, 1.54) is 4.90 Å². The number of carbonyl (C=O) groups is 1. The van der Waals surface area contributed by atoms with Crippen molar-refractivity contribution in [3.63, 3.8) is 0 Å². The van der Waals surface area contributed by atoms with E-state index < -0.39 is 0 Å². The number of thioether (sulfide) groups is 1. The Labute approximate surface area is 123 Å². The first-order valence-electron chi connectivity index (χ1n) is 6.89. The summed E-state index contributed by atoms with van der Waals surface area (Å²) >= 11 is 1.83. The lowest BCUT2D eigenvalue weighted by atomic mass is 10.2. The number of amides is 1. The fourth-order valence-corrected chi connectivity index (χ4v) is 3.40. The van der Waals surface area contributed by atoms with Crippen molar-refractivity contribution in [3.05, 3.63) is 48.4 Å². The number of furan rings is 1. The normalized spacial score (nSPS) is 14.7. The number of rotatable bonds is 3. The highest BCUT2D eigenvalue weighted by Crippen LogP contribution is 2.33. The standard InChI is InChI=1S/C16H17NO2S/c18-16(9-8-13-5-3-11-19-13)17-10-4-12-20-15-7-2-1-6-14(15)17/h1-3,5-7,11H,4,8-10,12H2. The molecule has 0 spiro atoms. The molecule has 0 atom stereocenters. The van der Waals surface area contributed by atoms with Crippen LogP contribution in [0.2, 0.25) is 0 Å². The first kappa shape index (κ1) is 13.3. The van der Waals surface area contributed by atoms with Gasteiger partial charge in [-0.05, 0) is 36.4 Å². The van der Waals surface area contributed by atoms with Crippen LogP contribution in [0.3, 0.4) is 0 Å². The van der Waals surface area contributed by atoms with Crippen LogP contribution in [-0.4, -0.2) is 18.2 Å². The third-order valence-corrected chi connectivity index (χ3v) is 4.56. The van der Waals surface area contributed by atoms with Crippen LogP contribution in [0.5, 0.6) is 0 Å². The molecule has 20 heavy (non-hydrogen) atoms. The summed E-state index contributed by atoms with van der Waals surface area (Å²) < 4.78 is 5.29. The van der Waals surface area contributed by atoms with Crippen molar-refractivity contribution in [1.82, 2.24) is 0 Å². The van der Waals surface area contributed by atoms with Crippen molar-refractivity contribution in [2.24, 2.45) is 0 Å². The van der Waals surface area contributed by atoms with Crippen LogP contribution < -0.4 is 4.90 Å². The summed E-state index contributed by atoms with van der Waals surface area (Å²) in [6, 6.07) is 11.9. The summed E-state index contributed by atoms with van der Waals surface area (Å²) in [5.41, 5.74) is 1.06. The lowest BCUT2D eigenvalue weighted by Gasteiger charge is -2.22. The first-order chi connectivity index (χ1) is 9.84. The van der Waals surface area contributed by atoms with E-state index in [-0.39, 0.29) is 5.91 Å². The van der Waals surface area contributed by atoms with Crippen LogP contribution in [0.4, 0.5) is 5.69 Å². The molecule has 1 aromatic heterocycles. The molecule has 0 bridgehead atoms. The van der Waals surface area contributed by atoms with Crippen molar-refractivity contribution in [3.8, 4) is 0 Å². The number of carbonyl (C=O) groups excluding carboxylic acids is 1. The molecule has 2 aromatic rings. The van der Waals surface area contributed by atoms with E-state index in [2.05, 4.69) is 6.07 Å². The van der Waals surface area contributed by atoms with Crippen LogP contribution in [-0.2, 0) is 11.2 Å². The predicted molar refractivity (Wildman–Crippen MR) is 81.2 cm³/mol. The van der Waals surface area contributed by atoms with E-state index in [4.69, 9.17) is 4.42 Å². The highest BCUT2D eigenvalue weighted by Gasteiger charge is 2.21. The summed E-state index contributed by atoms with van der Waals surface area (Å²) in [6.07, 6.45) is 3.84. The zero-order valence-corrected chi connectivity index (χ0v) is 12.1. The number of hydrogen-bond donors (Lipinski definition) is 0. The lowest BCUT2D eigenvalue weighted by Crippen LogP contribution is -2.31. The number of para-hydroxylation sites is 1. The van der Waals surface area contributed by atoms with Crippen LogP contribution in [0.25, 0.3) is 0 Å². The van der Waals surface area contributed by atoms with Gasteiger partial charge in [-0.2, -0.15) is 0 Å². The third kappa shape index (κ3) is 2.90. The molecule has 3 rings (SSSR count). The Morgan fingerprint density at radius 3 is 3.00 bits per heavy atom. The molecule has 4 heteroatoms. The molecule has 0 N–H and O–H groups in total. The molecule has 0 saturated heterocycles. The van der Waals surface area contributed by atoms with E-state index >= 15 is 0 Å². The molecule has 0 radical (unpaired) electrons. The summed E-state index contributed by atoms with van der Waals surface area (Å²) in [4.78, 5) is 15.6. The maximum atomic E-state index is 12.5.